The third-order valence-electron chi connectivity index (χ3n) is 6.46. The molecule has 2 aromatic carbocycles. The van der Waals surface area contributed by atoms with E-state index in [2.05, 4.69) is 31.0 Å². The topological polar surface area (TPSA) is 53.0 Å². The van der Waals surface area contributed by atoms with Crippen molar-refractivity contribution in [1.82, 2.24) is 29.5 Å². The first-order valence-corrected chi connectivity index (χ1v) is 11.4. The molecule has 1 aliphatic rings. The van der Waals surface area contributed by atoms with Crippen LogP contribution in [0.5, 0.6) is 0 Å². The summed E-state index contributed by atoms with van der Waals surface area (Å²) in [6, 6.07) is 12.8. The molecule has 8 heteroatoms. The predicted molar refractivity (Wildman–Crippen MR) is 125 cm³/mol. The molecule has 1 atom stereocenters. The summed E-state index contributed by atoms with van der Waals surface area (Å²) in [5.41, 5.74) is 4.10. The summed E-state index contributed by atoms with van der Waals surface area (Å²) in [6.45, 7) is 5.00. The van der Waals surface area contributed by atoms with Crippen LogP contribution in [-0.2, 0) is 12.8 Å². The van der Waals surface area contributed by atoms with Crippen molar-refractivity contribution in [3.05, 3.63) is 78.3 Å². The summed E-state index contributed by atoms with van der Waals surface area (Å²) in [7, 11) is 0. The van der Waals surface area contributed by atoms with Crippen LogP contribution in [-0.4, -0.2) is 75.0 Å². The number of aromatic amines is 1. The molecule has 0 bridgehead atoms. The number of nitrogens with one attached hydrogen (secondary N) is 1. The van der Waals surface area contributed by atoms with Crippen molar-refractivity contribution < 1.29 is 8.78 Å². The van der Waals surface area contributed by atoms with Gasteiger partial charge in [-0.3, -0.25) is 9.47 Å². The zero-order valence-corrected chi connectivity index (χ0v) is 18.5. The zero-order chi connectivity index (χ0) is 22.6. The number of hydrogen-bond donors (Lipinski definition) is 1. The molecule has 5 rings (SSSR count). The molecule has 1 N–H and O–H groups in total. The molecular formula is C25H28F2N6. The van der Waals surface area contributed by atoms with Crippen molar-refractivity contribution in [1.29, 1.82) is 0 Å². The molecule has 2 aromatic heterocycles. The highest BCUT2D eigenvalue weighted by Crippen LogP contribution is 2.24. The van der Waals surface area contributed by atoms with Crippen LogP contribution in [0.4, 0.5) is 8.78 Å². The number of halogens is 2. The zero-order valence-electron chi connectivity index (χ0n) is 18.5. The second kappa shape index (κ2) is 9.80. The van der Waals surface area contributed by atoms with Crippen LogP contribution in [0.25, 0.3) is 16.6 Å². The molecule has 1 fully saturated rings. The molecule has 1 saturated heterocycles. The minimum atomic E-state index is -0.923. The number of H-pyrrole nitrogens is 1. The van der Waals surface area contributed by atoms with Crippen LogP contribution in [0, 0.1) is 5.82 Å². The largest absolute Gasteiger partial charge is 0.361 e. The lowest BCUT2D eigenvalue weighted by Crippen LogP contribution is -2.48. The Morgan fingerprint density at radius 3 is 2.42 bits per heavy atom. The smallest absolute Gasteiger partial charge is 0.123 e. The van der Waals surface area contributed by atoms with Gasteiger partial charge in [-0.15, -0.1) is 10.2 Å². The number of aromatic nitrogens is 4. The van der Waals surface area contributed by atoms with Gasteiger partial charge in [0.1, 0.15) is 24.6 Å². The van der Waals surface area contributed by atoms with Gasteiger partial charge in [0.05, 0.1) is 0 Å². The van der Waals surface area contributed by atoms with E-state index in [0.29, 0.717) is 13.0 Å². The first kappa shape index (κ1) is 21.7. The molecular weight excluding hydrogens is 422 g/mol. The monoisotopic (exact) mass is 450 g/mol. The summed E-state index contributed by atoms with van der Waals surface area (Å²) in [5, 5.41) is 8.76. The molecule has 0 spiro atoms. The average molecular weight is 451 g/mol. The van der Waals surface area contributed by atoms with E-state index in [9.17, 15) is 4.39 Å². The molecule has 172 valence electrons. The highest BCUT2D eigenvalue weighted by molar-refractivity contribution is 5.85. The van der Waals surface area contributed by atoms with Crippen LogP contribution in [0.2, 0.25) is 0 Å². The highest BCUT2D eigenvalue weighted by Gasteiger charge is 2.21. The Hall–Kier alpha value is -3.10. The fourth-order valence-electron chi connectivity index (χ4n) is 4.55. The second-order valence-electron chi connectivity index (χ2n) is 8.73. The van der Waals surface area contributed by atoms with Gasteiger partial charge in [0.2, 0.25) is 0 Å². The van der Waals surface area contributed by atoms with E-state index in [0.717, 1.165) is 66.9 Å². The van der Waals surface area contributed by atoms with E-state index < -0.39 is 6.17 Å². The number of fused-ring (bicyclic) bond motifs is 1. The lowest BCUT2D eigenvalue weighted by atomic mass is 10.1. The van der Waals surface area contributed by atoms with E-state index in [-0.39, 0.29) is 5.82 Å². The molecule has 0 aliphatic carbocycles. The fraction of sp³-hybridized carbons (Fsp3) is 0.360. The summed E-state index contributed by atoms with van der Waals surface area (Å²) >= 11 is 0. The molecule has 33 heavy (non-hydrogen) atoms. The van der Waals surface area contributed by atoms with Crippen LogP contribution in [0.3, 0.4) is 0 Å². The van der Waals surface area contributed by atoms with Gasteiger partial charge in [-0.05, 0) is 47.9 Å². The van der Waals surface area contributed by atoms with Crippen LogP contribution in [0.15, 0.2) is 61.3 Å². The number of piperazine rings is 1. The van der Waals surface area contributed by atoms with Gasteiger partial charge in [-0.1, -0.05) is 12.1 Å². The third-order valence-corrected chi connectivity index (χ3v) is 6.46. The van der Waals surface area contributed by atoms with Gasteiger partial charge >= 0.3 is 0 Å². The molecule has 0 unspecified atom stereocenters. The van der Waals surface area contributed by atoms with Gasteiger partial charge < -0.3 is 9.88 Å². The van der Waals surface area contributed by atoms with Crippen LogP contribution >= 0.6 is 0 Å². The molecule has 4 aromatic rings. The average Bonchev–Trinajstić information content (AvgIpc) is 3.50. The first-order valence-electron chi connectivity index (χ1n) is 11.4. The van der Waals surface area contributed by atoms with Crippen molar-refractivity contribution in [2.45, 2.75) is 19.0 Å². The predicted octanol–water partition coefficient (Wildman–Crippen LogP) is 3.63. The van der Waals surface area contributed by atoms with Crippen LogP contribution < -0.4 is 0 Å². The van der Waals surface area contributed by atoms with E-state index in [1.165, 1.54) is 12.1 Å². The van der Waals surface area contributed by atoms with Gasteiger partial charge in [0, 0.05) is 68.5 Å². The fourth-order valence-corrected chi connectivity index (χ4v) is 4.55. The number of alkyl halides is 1. The molecule has 1 aliphatic heterocycles. The molecule has 0 radical (unpaired) electrons. The Balaban J connectivity index is 1.12. The Morgan fingerprint density at radius 1 is 0.939 bits per heavy atom. The van der Waals surface area contributed by atoms with E-state index in [1.807, 2.05) is 35.0 Å². The Labute approximate surface area is 191 Å². The maximum atomic E-state index is 15.0. The van der Waals surface area contributed by atoms with Gasteiger partial charge in [-0.2, -0.15) is 0 Å². The Kier molecular flexibility index (Phi) is 6.46. The maximum absolute atomic E-state index is 15.0. The SMILES string of the molecule is Fc1ccc(CCN2CCN(C[C@@H](F)Cc3c[nH]c4ccc(-n5cnnc5)cc34)CC2)cc1. The van der Waals surface area contributed by atoms with Crippen molar-refractivity contribution >= 4 is 10.9 Å². The van der Waals surface area contributed by atoms with Crippen molar-refractivity contribution in [2.24, 2.45) is 0 Å². The molecule has 0 saturated carbocycles. The van der Waals surface area contributed by atoms with E-state index >= 15 is 4.39 Å². The van der Waals surface area contributed by atoms with Gasteiger partial charge in [0.25, 0.3) is 0 Å². The summed E-state index contributed by atoms with van der Waals surface area (Å²) < 4.78 is 29.9. The van der Waals surface area contributed by atoms with E-state index in [4.69, 9.17) is 0 Å². The number of hydrogen-bond acceptors (Lipinski definition) is 4. The van der Waals surface area contributed by atoms with Crippen molar-refractivity contribution in [2.75, 3.05) is 39.3 Å². The number of benzene rings is 2. The maximum Gasteiger partial charge on any atom is 0.123 e. The van der Waals surface area contributed by atoms with Crippen LogP contribution in [0.1, 0.15) is 11.1 Å². The summed E-state index contributed by atoms with van der Waals surface area (Å²) in [4.78, 5) is 7.88. The Morgan fingerprint density at radius 2 is 1.67 bits per heavy atom. The minimum Gasteiger partial charge on any atom is -0.361 e. The van der Waals surface area contributed by atoms with Gasteiger partial charge in [0.15, 0.2) is 0 Å². The highest BCUT2D eigenvalue weighted by atomic mass is 19.1. The lowest BCUT2D eigenvalue weighted by Gasteiger charge is -2.35. The molecule has 3 heterocycles. The van der Waals surface area contributed by atoms with Crippen molar-refractivity contribution in [3.63, 3.8) is 0 Å². The quantitative estimate of drug-likeness (QED) is 0.446. The number of rotatable bonds is 8. The summed E-state index contributed by atoms with van der Waals surface area (Å²) in [5.74, 6) is -0.197. The molecule has 0 amide bonds. The second-order valence-corrected chi connectivity index (χ2v) is 8.73. The Bertz CT molecular complexity index is 1160. The van der Waals surface area contributed by atoms with Gasteiger partial charge in [-0.25, -0.2) is 8.78 Å². The lowest BCUT2D eigenvalue weighted by molar-refractivity contribution is 0.107. The number of nitrogens with zero attached hydrogens (tertiary/aromatic N) is 5. The normalized spacial score (nSPS) is 16.4. The first-order chi connectivity index (χ1) is 16.1. The summed E-state index contributed by atoms with van der Waals surface area (Å²) in [6.07, 6.45) is 5.60. The standard InChI is InChI=1S/C25H28F2N6/c26-21-3-1-19(2-4-21)7-8-31-9-11-32(12-10-31)16-22(27)13-20-15-28-25-6-5-23(14-24(20)25)33-17-29-30-18-33/h1-6,14-15,17-18,22,28H,7-13,16H2/t22-/m0/s1. The van der Waals surface area contributed by atoms with Crippen molar-refractivity contribution in [3.8, 4) is 5.69 Å². The van der Waals surface area contributed by atoms with E-state index in [1.54, 1.807) is 12.7 Å². The third kappa shape index (κ3) is 5.29. The minimum absolute atomic E-state index is 0.197. The molecule has 6 nitrogen and oxygen atoms in total.